The summed E-state index contributed by atoms with van der Waals surface area (Å²) in [6.07, 6.45) is -0.563. The molecule has 0 aromatic heterocycles. The highest BCUT2D eigenvalue weighted by Crippen LogP contribution is 2.11. The molecule has 2 N–H and O–H groups in total. The molecular weight excluding hydrogens is 238 g/mol. The summed E-state index contributed by atoms with van der Waals surface area (Å²) in [5.74, 6) is 0.761. The lowest BCUT2D eigenvalue weighted by atomic mass is 10.2. The molecule has 1 rings (SSSR count). The topological polar surface area (TPSA) is 41.5 Å². The van der Waals surface area contributed by atoms with Crippen molar-refractivity contribution in [2.24, 2.45) is 0 Å². The van der Waals surface area contributed by atoms with E-state index in [1.807, 2.05) is 31.2 Å². The van der Waals surface area contributed by atoms with E-state index in [2.05, 4.69) is 11.9 Å². The van der Waals surface area contributed by atoms with Gasteiger partial charge in [0.25, 0.3) is 0 Å². The van der Waals surface area contributed by atoms with Crippen molar-refractivity contribution in [3.05, 3.63) is 41.4 Å². The molecule has 0 fully saturated rings. The number of ether oxygens (including phenoxy) is 1. The van der Waals surface area contributed by atoms with E-state index in [-0.39, 0.29) is 6.61 Å². The van der Waals surface area contributed by atoms with Crippen LogP contribution in [0.3, 0.4) is 0 Å². The van der Waals surface area contributed by atoms with Crippen molar-refractivity contribution in [2.45, 2.75) is 13.0 Å². The monoisotopic (exact) mass is 255 g/mol. The Kier molecular flexibility index (Phi) is 6.05. The number of benzene rings is 1. The minimum Gasteiger partial charge on any atom is -0.491 e. The normalized spacial score (nSPS) is 12.2. The summed E-state index contributed by atoms with van der Waals surface area (Å²) < 4.78 is 5.43. The molecule has 0 radical (unpaired) electrons. The summed E-state index contributed by atoms with van der Waals surface area (Å²) in [6, 6.07) is 7.71. The predicted molar refractivity (Wildman–Crippen MR) is 70.5 cm³/mol. The highest BCUT2D eigenvalue weighted by Gasteiger charge is 2.04. The van der Waals surface area contributed by atoms with Gasteiger partial charge >= 0.3 is 0 Å². The molecule has 3 nitrogen and oxygen atoms in total. The quantitative estimate of drug-likeness (QED) is 0.784. The summed E-state index contributed by atoms with van der Waals surface area (Å²) >= 11 is 5.58. The van der Waals surface area contributed by atoms with Crippen molar-refractivity contribution in [2.75, 3.05) is 19.7 Å². The van der Waals surface area contributed by atoms with Crippen LogP contribution in [0.1, 0.15) is 5.56 Å². The maximum Gasteiger partial charge on any atom is 0.119 e. The second-order valence-electron chi connectivity index (χ2n) is 3.93. The average molecular weight is 256 g/mol. The molecular formula is C13H18ClNO2. The Morgan fingerprint density at radius 3 is 2.71 bits per heavy atom. The zero-order chi connectivity index (χ0) is 12.7. The van der Waals surface area contributed by atoms with Crippen LogP contribution in [0, 0.1) is 6.92 Å². The van der Waals surface area contributed by atoms with Crippen molar-refractivity contribution in [3.8, 4) is 5.75 Å². The van der Waals surface area contributed by atoms with E-state index in [0.29, 0.717) is 18.1 Å². The van der Waals surface area contributed by atoms with E-state index in [4.69, 9.17) is 16.3 Å². The van der Waals surface area contributed by atoms with Crippen molar-refractivity contribution < 1.29 is 9.84 Å². The molecule has 0 aliphatic carbocycles. The maximum atomic E-state index is 9.62. The average Bonchev–Trinajstić information content (AvgIpc) is 2.28. The van der Waals surface area contributed by atoms with Gasteiger partial charge in [-0.05, 0) is 19.1 Å². The van der Waals surface area contributed by atoms with E-state index < -0.39 is 6.10 Å². The first-order valence-electron chi connectivity index (χ1n) is 5.49. The van der Waals surface area contributed by atoms with Crippen LogP contribution >= 0.6 is 11.6 Å². The highest BCUT2D eigenvalue weighted by molar-refractivity contribution is 6.29. The molecule has 0 amide bonds. The maximum absolute atomic E-state index is 9.62. The molecule has 0 saturated heterocycles. The number of hydrogen-bond donors (Lipinski definition) is 2. The van der Waals surface area contributed by atoms with Gasteiger partial charge in [0.1, 0.15) is 18.5 Å². The smallest absolute Gasteiger partial charge is 0.119 e. The minimum atomic E-state index is -0.563. The van der Waals surface area contributed by atoms with E-state index in [1.54, 1.807) is 0 Å². The lowest BCUT2D eigenvalue weighted by Crippen LogP contribution is -2.32. The van der Waals surface area contributed by atoms with Crippen LogP contribution in [0.2, 0.25) is 0 Å². The van der Waals surface area contributed by atoms with Crippen LogP contribution in [0.25, 0.3) is 0 Å². The van der Waals surface area contributed by atoms with Crippen LogP contribution in [-0.4, -0.2) is 30.9 Å². The van der Waals surface area contributed by atoms with Gasteiger partial charge in [-0.2, -0.15) is 0 Å². The molecule has 0 aliphatic heterocycles. The number of halogens is 1. The van der Waals surface area contributed by atoms with Crippen LogP contribution in [0.5, 0.6) is 5.75 Å². The predicted octanol–water partition coefficient (Wildman–Crippen LogP) is 2.08. The summed E-state index contributed by atoms with van der Waals surface area (Å²) in [5.41, 5.74) is 1.18. The van der Waals surface area contributed by atoms with Crippen molar-refractivity contribution >= 4 is 11.6 Å². The molecule has 1 aromatic rings. The van der Waals surface area contributed by atoms with Gasteiger partial charge in [-0.25, -0.2) is 0 Å². The Bertz CT molecular complexity index is 351. The molecule has 17 heavy (non-hydrogen) atoms. The summed E-state index contributed by atoms with van der Waals surface area (Å²) in [5, 5.41) is 13.1. The third-order valence-corrected chi connectivity index (χ3v) is 2.29. The van der Waals surface area contributed by atoms with Gasteiger partial charge in [0.15, 0.2) is 0 Å². The lowest BCUT2D eigenvalue weighted by molar-refractivity contribution is 0.107. The van der Waals surface area contributed by atoms with Gasteiger partial charge in [0.2, 0.25) is 0 Å². The summed E-state index contributed by atoms with van der Waals surface area (Å²) in [7, 11) is 0. The largest absolute Gasteiger partial charge is 0.491 e. The molecule has 0 aliphatic rings. The number of aliphatic hydroxyl groups excluding tert-OH is 1. The van der Waals surface area contributed by atoms with E-state index in [0.717, 1.165) is 5.75 Å². The van der Waals surface area contributed by atoms with Crippen molar-refractivity contribution in [1.82, 2.24) is 5.32 Å². The van der Waals surface area contributed by atoms with Crippen LogP contribution in [-0.2, 0) is 0 Å². The van der Waals surface area contributed by atoms with Crippen LogP contribution in [0.15, 0.2) is 35.9 Å². The third kappa shape index (κ3) is 6.31. The second kappa shape index (κ2) is 7.33. The molecule has 1 unspecified atom stereocenters. The first-order valence-corrected chi connectivity index (χ1v) is 5.87. The zero-order valence-corrected chi connectivity index (χ0v) is 10.7. The summed E-state index contributed by atoms with van der Waals surface area (Å²) in [4.78, 5) is 0. The Balaban J connectivity index is 2.21. The molecule has 4 heteroatoms. The van der Waals surface area contributed by atoms with Crippen molar-refractivity contribution in [1.29, 1.82) is 0 Å². The highest BCUT2D eigenvalue weighted by atomic mass is 35.5. The van der Waals surface area contributed by atoms with Gasteiger partial charge in [-0.15, -0.1) is 0 Å². The molecule has 1 aromatic carbocycles. The number of rotatable bonds is 7. The lowest BCUT2D eigenvalue weighted by Gasteiger charge is -2.13. The molecule has 94 valence electrons. The Hall–Kier alpha value is -1.03. The van der Waals surface area contributed by atoms with E-state index in [1.165, 1.54) is 5.56 Å². The fourth-order valence-corrected chi connectivity index (χ4v) is 1.35. The van der Waals surface area contributed by atoms with Gasteiger partial charge in [0, 0.05) is 18.1 Å². The molecule has 0 bridgehead atoms. The summed E-state index contributed by atoms with van der Waals surface area (Å²) in [6.45, 7) is 6.73. The van der Waals surface area contributed by atoms with Gasteiger partial charge in [-0.3, -0.25) is 0 Å². The zero-order valence-electron chi connectivity index (χ0n) is 9.95. The van der Waals surface area contributed by atoms with Crippen LogP contribution in [0.4, 0.5) is 0 Å². The fraction of sp³-hybridized carbons (Fsp3) is 0.385. The van der Waals surface area contributed by atoms with Crippen molar-refractivity contribution in [3.63, 3.8) is 0 Å². The molecule has 1 atom stereocenters. The number of nitrogens with one attached hydrogen (secondary N) is 1. The first kappa shape index (κ1) is 14.0. The van der Waals surface area contributed by atoms with Gasteiger partial charge < -0.3 is 15.2 Å². The third-order valence-electron chi connectivity index (χ3n) is 2.16. The van der Waals surface area contributed by atoms with E-state index in [9.17, 15) is 5.11 Å². The minimum absolute atomic E-state index is 0.255. The Morgan fingerprint density at radius 2 is 2.12 bits per heavy atom. The molecule has 0 saturated carbocycles. The van der Waals surface area contributed by atoms with Crippen LogP contribution < -0.4 is 10.1 Å². The van der Waals surface area contributed by atoms with Gasteiger partial charge in [0.05, 0.1) is 0 Å². The molecule has 0 heterocycles. The second-order valence-corrected chi connectivity index (χ2v) is 4.46. The number of aliphatic hydroxyl groups is 1. The first-order chi connectivity index (χ1) is 8.08. The van der Waals surface area contributed by atoms with E-state index >= 15 is 0 Å². The Labute approximate surface area is 107 Å². The standard InChI is InChI=1S/C13H18ClNO2/c1-10-3-5-13(6-4-10)17-9-12(16)8-15-7-11(2)14/h3-6,12,15-16H,2,7-9H2,1H3. The fourth-order valence-electron chi connectivity index (χ4n) is 1.26. The SMILES string of the molecule is C=C(Cl)CNCC(O)COc1ccc(C)cc1. The molecule has 0 spiro atoms. The number of aryl methyl sites for hydroxylation is 1. The number of hydrogen-bond acceptors (Lipinski definition) is 3. The Morgan fingerprint density at radius 1 is 1.47 bits per heavy atom. The van der Waals surface area contributed by atoms with Gasteiger partial charge in [-0.1, -0.05) is 35.9 Å².